The number of hydrogen-bond acceptors (Lipinski definition) is 7. The Balaban J connectivity index is 1.71. The van der Waals surface area contributed by atoms with Crippen molar-refractivity contribution in [2.75, 3.05) is 18.6 Å². The van der Waals surface area contributed by atoms with Gasteiger partial charge in [0, 0.05) is 24.3 Å². The van der Waals surface area contributed by atoms with Gasteiger partial charge in [-0.25, -0.2) is 23.9 Å². The second kappa shape index (κ2) is 8.21. The van der Waals surface area contributed by atoms with Crippen LogP contribution in [0.2, 0.25) is 0 Å². The quantitative estimate of drug-likeness (QED) is 0.565. The molecule has 2 aliphatic rings. The largest absolute Gasteiger partial charge is 0.396 e. The van der Waals surface area contributed by atoms with Crippen molar-refractivity contribution in [1.82, 2.24) is 20.2 Å². The number of aliphatic hydroxyl groups excluding tert-OH is 1. The van der Waals surface area contributed by atoms with Crippen LogP contribution in [0.15, 0.2) is 47.7 Å². The van der Waals surface area contributed by atoms with E-state index in [2.05, 4.69) is 25.9 Å². The number of halogens is 2. The van der Waals surface area contributed by atoms with Crippen LogP contribution < -0.4 is 10.9 Å². The van der Waals surface area contributed by atoms with Crippen molar-refractivity contribution in [1.29, 1.82) is 0 Å². The Morgan fingerprint density at radius 2 is 1.97 bits per heavy atom. The van der Waals surface area contributed by atoms with Crippen LogP contribution >= 0.6 is 0 Å². The van der Waals surface area contributed by atoms with Crippen LogP contribution in [0, 0.1) is 11.6 Å². The molecule has 0 saturated heterocycles. The Morgan fingerprint density at radius 3 is 2.75 bits per heavy atom. The van der Waals surface area contributed by atoms with Crippen molar-refractivity contribution in [3.05, 3.63) is 76.9 Å². The van der Waals surface area contributed by atoms with E-state index in [1.54, 1.807) is 16.8 Å². The van der Waals surface area contributed by atoms with E-state index < -0.39 is 17.8 Å². The fraction of sp³-hybridized carbons (Fsp3) is 0.273. The molecule has 5 rings (SSSR count). The lowest BCUT2D eigenvalue weighted by molar-refractivity contribution is 0.0999. The predicted molar refractivity (Wildman–Crippen MR) is 112 cm³/mol. The van der Waals surface area contributed by atoms with E-state index in [9.17, 15) is 18.7 Å². The van der Waals surface area contributed by atoms with Crippen molar-refractivity contribution in [2.24, 2.45) is 4.99 Å². The summed E-state index contributed by atoms with van der Waals surface area (Å²) in [6.45, 7) is 0.316. The lowest BCUT2D eigenvalue weighted by Crippen LogP contribution is -2.35. The molecule has 0 aliphatic carbocycles. The van der Waals surface area contributed by atoms with Crippen molar-refractivity contribution < 1.29 is 18.7 Å². The fourth-order valence-electron chi connectivity index (χ4n) is 4.30. The zero-order valence-corrected chi connectivity index (χ0v) is 16.9. The van der Waals surface area contributed by atoms with Gasteiger partial charge in [-0.15, -0.1) is 0 Å². The van der Waals surface area contributed by atoms with Gasteiger partial charge in [-0.05, 0) is 36.2 Å². The number of aryl methyl sites for hydroxylation is 1. The Bertz CT molecular complexity index is 1210. The molecule has 0 saturated carbocycles. The average Bonchev–Trinajstić information content (AvgIpc) is 3.18. The normalized spacial score (nSPS) is 19.7. The highest BCUT2D eigenvalue weighted by Gasteiger charge is 2.40. The molecule has 2 unspecified atom stereocenters. The van der Waals surface area contributed by atoms with Gasteiger partial charge in [0.2, 0.25) is 0 Å². The van der Waals surface area contributed by atoms with Crippen LogP contribution in [0.5, 0.6) is 0 Å². The highest BCUT2D eigenvalue weighted by atomic mass is 19.1. The minimum absolute atomic E-state index is 0.00707. The van der Waals surface area contributed by atoms with Gasteiger partial charge in [-0.3, -0.25) is 9.79 Å². The number of benzene rings is 2. The summed E-state index contributed by atoms with van der Waals surface area (Å²) in [6.07, 6.45) is 1.90. The van der Waals surface area contributed by atoms with Gasteiger partial charge in [-0.1, -0.05) is 12.1 Å². The van der Waals surface area contributed by atoms with Crippen LogP contribution in [0.4, 0.5) is 14.5 Å². The maximum absolute atomic E-state index is 14.3. The van der Waals surface area contributed by atoms with Crippen molar-refractivity contribution in [3.63, 3.8) is 0 Å². The number of carbonyl (C=O) groups is 1. The number of aromatic nitrogens is 3. The molecule has 1 aromatic heterocycles. The summed E-state index contributed by atoms with van der Waals surface area (Å²) < 4.78 is 29.6. The monoisotopic (exact) mass is 438 g/mol. The summed E-state index contributed by atoms with van der Waals surface area (Å²) in [6, 6.07) is 8.08. The van der Waals surface area contributed by atoms with E-state index in [-0.39, 0.29) is 30.3 Å². The molecule has 0 bridgehead atoms. The molecule has 3 aromatic rings. The molecule has 164 valence electrons. The highest BCUT2D eigenvalue weighted by Crippen LogP contribution is 2.40. The third-order valence-electron chi connectivity index (χ3n) is 5.72. The van der Waals surface area contributed by atoms with Crippen molar-refractivity contribution in [3.8, 4) is 0 Å². The molecule has 8 nitrogen and oxygen atoms in total. The maximum Gasteiger partial charge on any atom is 0.185 e. The third-order valence-corrected chi connectivity index (χ3v) is 5.72. The van der Waals surface area contributed by atoms with Crippen molar-refractivity contribution >= 4 is 17.2 Å². The van der Waals surface area contributed by atoms with Crippen LogP contribution in [-0.2, 0) is 6.54 Å². The smallest absolute Gasteiger partial charge is 0.185 e. The number of rotatable bonds is 5. The number of ketones is 1. The van der Waals surface area contributed by atoms with E-state index in [1.165, 1.54) is 30.6 Å². The first-order chi connectivity index (χ1) is 15.6. The first-order valence-corrected chi connectivity index (χ1v) is 10.2. The minimum atomic E-state index is -0.537. The second-order valence-electron chi connectivity index (χ2n) is 7.70. The second-order valence-corrected chi connectivity index (χ2v) is 7.70. The minimum Gasteiger partial charge on any atom is -0.396 e. The number of nitrogens with zero attached hydrogens (tertiary/aromatic N) is 4. The van der Waals surface area contributed by atoms with Crippen LogP contribution in [0.3, 0.4) is 0 Å². The fourth-order valence-corrected chi connectivity index (χ4v) is 4.30. The highest BCUT2D eigenvalue weighted by molar-refractivity contribution is 6.20. The summed E-state index contributed by atoms with van der Waals surface area (Å²) >= 11 is 0. The number of nitrogens with one attached hydrogen (secondary N) is 2. The molecular weight excluding hydrogens is 418 g/mol. The molecular formula is C22H20F2N6O2. The molecule has 0 spiro atoms. The Labute approximate surface area is 182 Å². The van der Waals surface area contributed by atoms with Gasteiger partial charge in [-0.2, -0.15) is 5.10 Å². The average molecular weight is 438 g/mol. The van der Waals surface area contributed by atoms with E-state index in [4.69, 9.17) is 0 Å². The van der Waals surface area contributed by atoms with E-state index >= 15 is 0 Å². The molecule has 10 heteroatoms. The Kier molecular flexibility index (Phi) is 5.24. The number of anilines is 1. The third kappa shape index (κ3) is 3.47. The van der Waals surface area contributed by atoms with Crippen molar-refractivity contribution in [2.45, 2.75) is 24.9 Å². The van der Waals surface area contributed by atoms with Crippen LogP contribution in [0.1, 0.15) is 45.7 Å². The van der Waals surface area contributed by atoms with E-state index in [1.807, 2.05) is 0 Å². The van der Waals surface area contributed by atoms with Gasteiger partial charge < -0.3 is 10.5 Å². The maximum atomic E-state index is 14.3. The Hall–Kier alpha value is -3.50. The van der Waals surface area contributed by atoms with Gasteiger partial charge in [0.25, 0.3) is 0 Å². The first-order valence-electron chi connectivity index (χ1n) is 10.2. The molecule has 2 aromatic carbocycles. The lowest BCUT2D eigenvalue weighted by Gasteiger charge is -2.28. The molecule has 32 heavy (non-hydrogen) atoms. The zero-order valence-electron chi connectivity index (χ0n) is 16.9. The van der Waals surface area contributed by atoms with Gasteiger partial charge in [0.05, 0.1) is 23.4 Å². The van der Waals surface area contributed by atoms with E-state index in [0.29, 0.717) is 35.8 Å². The van der Waals surface area contributed by atoms with E-state index in [0.717, 1.165) is 5.56 Å². The van der Waals surface area contributed by atoms with Crippen LogP contribution in [-0.4, -0.2) is 44.5 Å². The molecule has 2 aliphatic heterocycles. The topological polar surface area (TPSA) is 104 Å². The standard InChI is InChI=1S/C22H20F2N6O2/c23-13-4-2-12(3-5-13)20-19(22-26-11-27-30(22)6-1-7-31)21-18-15(17(32)10-25-21)8-14(24)9-16(18)28-29-20/h2-5,8-9,11,19-20,28-29,31H,1,6-7,10H2. The SMILES string of the molecule is O=C1CN=C2c3c(cc(F)cc31)NNC(c1ccc(F)cc1)C2c1ncnn1CCCO. The molecule has 0 radical (unpaired) electrons. The number of hydrogen-bond donors (Lipinski definition) is 3. The number of Topliss-reactive ketones (excluding diaryl/α,β-unsaturated/α-hetero) is 1. The zero-order chi connectivity index (χ0) is 22.2. The number of carbonyl (C=O) groups excluding carboxylic acids is 1. The van der Waals surface area contributed by atoms with Gasteiger partial charge in [0.15, 0.2) is 5.78 Å². The molecule has 3 N–H and O–H groups in total. The molecule has 0 amide bonds. The first kappa shape index (κ1) is 20.4. The molecule has 3 heterocycles. The Morgan fingerprint density at radius 1 is 1.16 bits per heavy atom. The molecule has 2 atom stereocenters. The summed E-state index contributed by atoms with van der Waals surface area (Å²) in [5, 5.41) is 13.6. The lowest BCUT2D eigenvalue weighted by atomic mass is 9.82. The predicted octanol–water partition coefficient (Wildman–Crippen LogP) is 2.38. The van der Waals surface area contributed by atoms with Gasteiger partial charge in [0.1, 0.15) is 30.3 Å². The summed E-state index contributed by atoms with van der Waals surface area (Å²) in [4.78, 5) is 21.6. The van der Waals surface area contributed by atoms with Crippen LogP contribution in [0.25, 0.3) is 0 Å². The molecule has 0 fully saturated rings. The number of aliphatic imine (C=N–C) groups is 1. The summed E-state index contributed by atoms with van der Waals surface area (Å²) in [5.74, 6) is -1.13. The number of aliphatic hydroxyl groups is 1. The van der Waals surface area contributed by atoms with Gasteiger partial charge >= 0.3 is 0 Å². The number of hydrazine groups is 1. The summed E-state index contributed by atoms with van der Waals surface area (Å²) in [7, 11) is 0. The summed E-state index contributed by atoms with van der Waals surface area (Å²) in [5.41, 5.74) is 8.70.